The molecule has 0 saturated heterocycles. The van der Waals surface area contributed by atoms with E-state index in [-0.39, 0.29) is 5.56 Å². The molecule has 0 fully saturated rings. The zero-order chi connectivity index (χ0) is 15.7. The fourth-order valence-corrected chi connectivity index (χ4v) is 1.58. The lowest BCUT2D eigenvalue weighted by molar-refractivity contribution is 0.0698. The Labute approximate surface area is 122 Å². The van der Waals surface area contributed by atoms with Gasteiger partial charge in [-0.2, -0.15) is 4.99 Å². The molecule has 0 spiro atoms. The molecule has 0 aromatic heterocycles. The average molecular weight is 284 g/mol. The smallest absolute Gasteiger partial charge is 0.337 e. The molecular weight excluding hydrogens is 268 g/mol. The molecule has 0 unspecified atom stereocenters. The standard InChI is InChI=1S/C9H11NO2.C7H5NO/c1-2-6-3-4-7(9(11)12)8(10)5-6;9-6-8-7-4-2-1-3-5-7/h3-5H,2,10H2,1H3,(H,11,12);1-5H. The number of benzene rings is 2. The Kier molecular flexibility index (Phi) is 6.38. The molecule has 0 aliphatic heterocycles. The molecule has 0 saturated carbocycles. The van der Waals surface area contributed by atoms with Gasteiger partial charge in [0.25, 0.3) is 0 Å². The number of para-hydroxylation sites is 1. The first-order valence-corrected chi connectivity index (χ1v) is 6.33. The second kappa shape index (κ2) is 8.30. The molecule has 21 heavy (non-hydrogen) atoms. The minimum absolute atomic E-state index is 0.173. The number of carbonyl (C=O) groups is 1. The van der Waals surface area contributed by atoms with Crippen LogP contribution in [0.5, 0.6) is 0 Å². The van der Waals surface area contributed by atoms with Crippen LogP contribution in [-0.2, 0) is 11.2 Å². The van der Waals surface area contributed by atoms with E-state index in [0.717, 1.165) is 12.0 Å². The van der Waals surface area contributed by atoms with E-state index in [9.17, 15) is 9.59 Å². The number of carboxylic acids is 1. The maximum Gasteiger partial charge on any atom is 0.337 e. The summed E-state index contributed by atoms with van der Waals surface area (Å²) in [6, 6.07) is 14.0. The summed E-state index contributed by atoms with van der Waals surface area (Å²) >= 11 is 0. The number of hydrogen-bond acceptors (Lipinski definition) is 4. The number of hydrogen-bond donors (Lipinski definition) is 2. The topological polar surface area (TPSA) is 92.7 Å². The zero-order valence-electron chi connectivity index (χ0n) is 11.6. The minimum atomic E-state index is -0.977. The molecule has 5 heteroatoms. The number of carboxylic acid groups (broad SMARTS) is 1. The molecule has 0 radical (unpaired) electrons. The van der Waals surface area contributed by atoms with Crippen molar-refractivity contribution in [2.75, 3.05) is 5.73 Å². The van der Waals surface area contributed by atoms with Gasteiger partial charge in [-0.05, 0) is 36.2 Å². The Hall–Kier alpha value is -2.91. The van der Waals surface area contributed by atoms with Crippen LogP contribution in [0.25, 0.3) is 0 Å². The van der Waals surface area contributed by atoms with Crippen molar-refractivity contribution in [2.45, 2.75) is 13.3 Å². The predicted molar refractivity (Wildman–Crippen MR) is 81.4 cm³/mol. The molecule has 2 rings (SSSR count). The highest BCUT2D eigenvalue weighted by Crippen LogP contribution is 2.14. The third-order valence-corrected chi connectivity index (χ3v) is 2.69. The molecule has 3 N–H and O–H groups in total. The van der Waals surface area contributed by atoms with Gasteiger partial charge in [-0.1, -0.05) is 31.2 Å². The summed E-state index contributed by atoms with van der Waals surface area (Å²) in [5.74, 6) is -0.977. The number of isocyanates is 1. The number of aliphatic imine (C=N–C) groups is 1. The second-order valence-electron chi connectivity index (χ2n) is 4.12. The number of nitrogens with two attached hydrogens (primary N) is 1. The summed E-state index contributed by atoms with van der Waals surface area (Å²) < 4.78 is 0. The van der Waals surface area contributed by atoms with Crippen LogP contribution >= 0.6 is 0 Å². The van der Waals surface area contributed by atoms with E-state index in [2.05, 4.69) is 4.99 Å². The number of rotatable bonds is 3. The fraction of sp³-hybridized carbons (Fsp3) is 0.125. The number of nitrogens with zero attached hydrogens (tertiary/aromatic N) is 1. The van der Waals surface area contributed by atoms with Gasteiger partial charge in [0.2, 0.25) is 6.08 Å². The van der Waals surface area contributed by atoms with Crippen LogP contribution in [0.3, 0.4) is 0 Å². The van der Waals surface area contributed by atoms with E-state index in [1.165, 1.54) is 12.1 Å². The molecule has 0 amide bonds. The summed E-state index contributed by atoms with van der Waals surface area (Å²) in [6.07, 6.45) is 2.32. The third-order valence-electron chi connectivity index (χ3n) is 2.69. The van der Waals surface area contributed by atoms with Crippen LogP contribution in [0.2, 0.25) is 0 Å². The minimum Gasteiger partial charge on any atom is -0.478 e. The Balaban J connectivity index is 0.000000219. The van der Waals surface area contributed by atoms with Crippen molar-refractivity contribution in [3.63, 3.8) is 0 Å². The summed E-state index contributed by atoms with van der Waals surface area (Å²) in [6.45, 7) is 2.00. The molecule has 0 bridgehead atoms. The summed E-state index contributed by atoms with van der Waals surface area (Å²) in [7, 11) is 0. The number of nitrogen functional groups attached to an aromatic ring is 1. The molecule has 0 atom stereocenters. The van der Waals surface area contributed by atoms with Gasteiger partial charge in [0.1, 0.15) is 0 Å². The third kappa shape index (κ3) is 5.30. The lowest BCUT2D eigenvalue weighted by Gasteiger charge is -2.02. The number of carbonyl (C=O) groups excluding carboxylic acids is 1. The normalized spacial score (nSPS) is 9.00. The molecule has 2 aromatic carbocycles. The number of aryl methyl sites for hydroxylation is 1. The van der Waals surface area contributed by atoms with Crippen LogP contribution in [-0.4, -0.2) is 17.2 Å². The van der Waals surface area contributed by atoms with Gasteiger partial charge in [-0.3, -0.25) is 0 Å². The molecule has 5 nitrogen and oxygen atoms in total. The van der Waals surface area contributed by atoms with Crippen molar-refractivity contribution in [1.82, 2.24) is 0 Å². The molecular formula is C16H16N2O3. The monoisotopic (exact) mass is 284 g/mol. The fourth-order valence-electron chi connectivity index (χ4n) is 1.58. The van der Waals surface area contributed by atoms with Gasteiger partial charge in [-0.25, -0.2) is 9.59 Å². The van der Waals surface area contributed by atoms with Gasteiger partial charge in [0, 0.05) is 5.69 Å². The number of aromatic carboxylic acids is 1. The van der Waals surface area contributed by atoms with Gasteiger partial charge in [-0.15, -0.1) is 0 Å². The second-order valence-corrected chi connectivity index (χ2v) is 4.12. The molecule has 108 valence electrons. The maximum absolute atomic E-state index is 10.5. The van der Waals surface area contributed by atoms with Crippen molar-refractivity contribution in [3.8, 4) is 0 Å². The van der Waals surface area contributed by atoms with E-state index in [4.69, 9.17) is 10.8 Å². The van der Waals surface area contributed by atoms with Crippen LogP contribution in [0, 0.1) is 0 Å². The van der Waals surface area contributed by atoms with Crippen LogP contribution < -0.4 is 5.73 Å². The van der Waals surface area contributed by atoms with E-state index in [0.29, 0.717) is 11.4 Å². The first-order chi connectivity index (χ1) is 10.1. The van der Waals surface area contributed by atoms with Gasteiger partial charge in [0.05, 0.1) is 11.3 Å². The summed E-state index contributed by atoms with van der Waals surface area (Å²) in [5.41, 5.74) is 7.72. The van der Waals surface area contributed by atoms with Crippen molar-refractivity contribution in [2.24, 2.45) is 4.99 Å². The van der Waals surface area contributed by atoms with Crippen molar-refractivity contribution < 1.29 is 14.7 Å². The molecule has 0 heterocycles. The maximum atomic E-state index is 10.5. The van der Waals surface area contributed by atoms with Crippen molar-refractivity contribution >= 4 is 23.4 Å². The Morgan fingerprint density at radius 1 is 1.24 bits per heavy atom. The van der Waals surface area contributed by atoms with Gasteiger partial charge >= 0.3 is 5.97 Å². The number of anilines is 1. The highest BCUT2D eigenvalue weighted by atomic mass is 16.4. The quantitative estimate of drug-likeness (QED) is 0.514. The SMILES string of the molecule is CCc1ccc(C(=O)O)c(N)c1.O=C=Nc1ccccc1. The van der Waals surface area contributed by atoms with Gasteiger partial charge in [0.15, 0.2) is 0 Å². The van der Waals surface area contributed by atoms with E-state index in [1.54, 1.807) is 24.3 Å². The van der Waals surface area contributed by atoms with Crippen LogP contribution in [0.15, 0.2) is 53.5 Å². The Morgan fingerprint density at radius 3 is 2.38 bits per heavy atom. The molecule has 2 aromatic rings. The lowest BCUT2D eigenvalue weighted by atomic mass is 10.1. The molecule has 0 aliphatic rings. The summed E-state index contributed by atoms with van der Waals surface area (Å²) in [5, 5.41) is 8.65. The van der Waals surface area contributed by atoms with E-state index in [1.807, 2.05) is 25.1 Å². The highest BCUT2D eigenvalue weighted by Gasteiger charge is 2.06. The Morgan fingerprint density at radius 2 is 1.90 bits per heavy atom. The van der Waals surface area contributed by atoms with Crippen molar-refractivity contribution in [3.05, 3.63) is 59.7 Å². The predicted octanol–water partition coefficient (Wildman–Crippen LogP) is 3.18. The van der Waals surface area contributed by atoms with Crippen LogP contribution in [0.1, 0.15) is 22.8 Å². The highest BCUT2D eigenvalue weighted by molar-refractivity contribution is 5.93. The van der Waals surface area contributed by atoms with Crippen molar-refractivity contribution in [1.29, 1.82) is 0 Å². The molecule has 0 aliphatic carbocycles. The Bertz CT molecular complexity index is 648. The largest absolute Gasteiger partial charge is 0.478 e. The first-order valence-electron chi connectivity index (χ1n) is 6.33. The van der Waals surface area contributed by atoms with E-state index >= 15 is 0 Å². The lowest BCUT2D eigenvalue weighted by Crippen LogP contribution is -2.02. The van der Waals surface area contributed by atoms with Gasteiger partial charge < -0.3 is 10.8 Å². The first kappa shape index (κ1) is 16.1. The van der Waals surface area contributed by atoms with Crippen LogP contribution in [0.4, 0.5) is 11.4 Å². The van der Waals surface area contributed by atoms with E-state index < -0.39 is 5.97 Å². The average Bonchev–Trinajstić information content (AvgIpc) is 2.49. The zero-order valence-corrected chi connectivity index (χ0v) is 11.6. The summed E-state index contributed by atoms with van der Waals surface area (Å²) in [4.78, 5) is 23.6.